The van der Waals surface area contributed by atoms with Crippen LogP contribution in [0.1, 0.15) is 30.3 Å². The highest BCUT2D eigenvalue weighted by atomic mass is 16.5. The maximum atomic E-state index is 13.1. The number of nitrogens with one attached hydrogen (secondary N) is 1. The SMILES string of the molecule is CCOc1ccccc1OCCCC(=O)Nc1c(C(=O)N2CCOCC2)oc2ccccc12. The number of anilines is 1. The molecule has 0 unspecified atom stereocenters. The summed E-state index contributed by atoms with van der Waals surface area (Å²) in [6.45, 7) is 4.78. The number of carbonyl (C=O) groups excluding carboxylic acids is 2. The van der Waals surface area contributed by atoms with Crippen LogP contribution >= 0.6 is 0 Å². The van der Waals surface area contributed by atoms with Crippen LogP contribution in [0.5, 0.6) is 11.5 Å². The van der Waals surface area contributed by atoms with E-state index in [2.05, 4.69) is 5.32 Å². The fourth-order valence-electron chi connectivity index (χ4n) is 3.69. The number of ether oxygens (including phenoxy) is 3. The van der Waals surface area contributed by atoms with E-state index >= 15 is 0 Å². The smallest absolute Gasteiger partial charge is 0.291 e. The molecule has 0 radical (unpaired) electrons. The number of fused-ring (bicyclic) bond motifs is 1. The molecule has 0 bridgehead atoms. The summed E-state index contributed by atoms with van der Waals surface area (Å²) in [5.41, 5.74) is 0.968. The van der Waals surface area contributed by atoms with Crippen LogP contribution in [0.15, 0.2) is 52.9 Å². The van der Waals surface area contributed by atoms with Crippen LogP contribution in [-0.2, 0) is 9.53 Å². The molecule has 2 amide bonds. The number of amides is 2. The number of hydrogen-bond acceptors (Lipinski definition) is 6. The van der Waals surface area contributed by atoms with Crippen LogP contribution in [0.2, 0.25) is 0 Å². The molecule has 33 heavy (non-hydrogen) atoms. The van der Waals surface area contributed by atoms with Crippen molar-refractivity contribution < 1.29 is 28.2 Å². The number of para-hydroxylation sites is 3. The van der Waals surface area contributed by atoms with Crippen molar-refractivity contribution in [1.82, 2.24) is 4.90 Å². The van der Waals surface area contributed by atoms with Crippen LogP contribution in [-0.4, -0.2) is 56.2 Å². The Morgan fingerprint density at radius 1 is 1.00 bits per heavy atom. The Morgan fingerprint density at radius 3 is 2.45 bits per heavy atom. The number of morpholine rings is 1. The molecule has 4 rings (SSSR count). The van der Waals surface area contributed by atoms with E-state index in [1.165, 1.54) is 0 Å². The Labute approximate surface area is 192 Å². The minimum atomic E-state index is -0.249. The van der Waals surface area contributed by atoms with Gasteiger partial charge in [-0.1, -0.05) is 24.3 Å². The van der Waals surface area contributed by atoms with Crippen molar-refractivity contribution >= 4 is 28.5 Å². The first-order valence-corrected chi connectivity index (χ1v) is 11.2. The molecule has 0 saturated carbocycles. The van der Waals surface area contributed by atoms with Gasteiger partial charge >= 0.3 is 0 Å². The predicted molar refractivity (Wildman–Crippen MR) is 124 cm³/mol. The second kappa shape index (κ2) is 10.9. The molecule has 8 heteroatoms. The molecule has 1 aromatic heterocycles. The van der Waals surface area contributed by atoms with Crippen molar-refractivity contribution in [2.24, 2.45) is 0 Å². The zero-order chi connectivity index (χ0) is 23.0. The number of nitrogens with zero attached hydrogens (tertiary/aromatic N) is 1. The lowest BCUT2D eigenvalue weighted by molar-refractivity contribution is -0.116. The van der Waals surface area contributed by atoms with E-state index in [-0.39, 0.29) is 24.0 Å². The molecule has 8 nitrogen and oxygen atoms in total. The standard InChI is InChI=1S/C25H28N2O6/c1-2-31-20-10-5-6-11-21(20)32-15-7-12-22(28)26-23-18-8-3-4-9-19(18)33-24(23)25(29)27-13-16-30-17-14-27/h3-6,8-11H,2,7,12-17H2,1H3,(H,26,28). The van der Waals surface area contributed by atoms with E-state index in [0.717, 1.165) is 0 Å². The van der Waals surface area contributed by atoms with Gasteiger partial charge in [0.2, 0.25) is 11.7 Å². The number of benzene rings is 2. The number of carbonyl (C=O) groups is 2. The minimum absolute atomic E-state index is 0.147. The zero-order valence-electron chi connectivity index (χ0n) is 18.7. The molecule has 2 heterocycles. The third kappa shape index (κ3) is 5.46. The molecule has 0 aliphatic carbocycles. The van der Waals surface area contributed by atoms with E-state index in [4.69, 9.17) is 18.6 Å². The van der Waals surface area contributed by atoms with E-state index in [1.54, 1.807) is 11.0 Å². The number of rotatable bonds is 9. The lowest BCUT2D eigenvalue weighted by Gasteiger charge is -2.26. The van der Waals surface area contributed by atoms with Gasteiger partial charge in [-0.15, -0.1) is 0 Å². The van der Waals surface area contributed by atoms with E-state index in [1.807, 2.05) is 49.4 Å². The predicted octanol–water partition coefficient (Wildman–Crippen LogP) is 4.10. The summed E-state index contributed by atoms with van der Waals surface area (Å²) in [5.74, 6) is 1.02. The van der Waals surface area contributed by atoms with Gasteiger partial charge in [-0.3, -0.25) is 9.59 Å². The maximum absolute atomic E-state index is 13.1. The molecule has 3 aromatic rings. The molecule has 1 saturated heterocycles. The molecule has 2 aromatic carbocycles. The van der Waals surface area contributed by atoms with E-state index < -0.39 is 0 Å². The monoisotopic (exact) mass is 452 g/mol. The highest BCUT2D eigenvalue weighted by Gasteiger charge is 2.27. The Hall–Kier alpha value is -3.52. The van der Waals surface area contributed by atoms with Crippen molar-refractivity contribution in [2.45, 2.75) is 19.8 Å². The van der Waals surface area contributed by atoms with Gasteiger partial charge in [-0.05, 0) is 37.6 Å². The summed E-state index contributed by atoms with van der Waals surface area (Å²) in [5, 5.41) is 3.59. The van der Waals surface area contributed by atoms with E-state index in [0.29, 0.717) is 74.1 Å². The van der Waals surface area contributed by atoms with Gasteiger partial charge in [-0.25, -0.2) is 0 Å². The molecule has 1 fully saturated rings. The van der Waals surface area contributed by atoms with Gasteiger partial charge in [0.05, 0.1) is 26.4 Å². The summed E-state index contributed by atoms with van der Waals surface area (Å²) in [7, 11) is 0. The zero-order valence-corrected chi connectivity index (χ0v) is 18.7. The molecular formula is C25H28N2O6. The molecule has 0 spiro atoms. The van der Waals surface area contributed by atoms with Crippen LogP contribution in [0.3, 0.4) is 0 Å². The summed E-state index contributed by atoms with van der Waals surface area (Å²) < 4.78 is 22.5. The normalized spacial score (nSPS) is 13.7. The molecule has 174 valence electrons. The quantitative estimate of drug-likeness (QED) is 0.492. The van der Waals surface area contributed by atoms with Gasteiger partial charge < -0.3 is 28.8 Å². The van der Waals surface area contributed by atoms with Crippen molar-refractivity contribution in [3.05, 3.63) is 54.3 Å². The van der Waals surface area contributed by atoms with Gasteiger partial charge in [-0.2, -0.15) is 0 Å². The van der Waals surface area contributed by atoms with Crippen molar-refractivity contribution in [3.8, 4) is 11.5 Å². The summed E-state index contributed by atoms with van der Waals surface area (Å²) in [6.07, 6.45) is 0.746. The first-order valence-electron chi connectivity index (χ1n) is 11.2. The fourth-order valence-corrected chi connectivity index (χ4v) is 3.69. The third-order valence-corrected chi connectivity index (χ3v) is 5.31. The largest absolute Gasteiger partial charge is 0.490 e. The van der Waals surface area contributed by atoms with Crippen molar-refractivity contribution in [3.63, 3.8) is 0 Å². The van der Waals surface area contributed by atoms with Crippen LogP contribution in [0, 0.1) is 0 Å². The molecule has 0 atom stereocenters. The third-order valence-electron chi connectivity index (χ3n) is 5.31. The Kier molecular flexibility index (Phi) is 7.47. The molecular weight excluding hydrogens is 424 g/mol. The molecule has 1 N–H and O–H groups in total. The highest BCUT2D eigenvalue weighted by Crippen LogP contribution is 2.32. The average Bonchev–Trinajstić information content (AvgIpc) is 3.21. The fraction of sp³-hybridized carbons (Fsp3) is 0.360. The Bertz CT molecular complexity index is 1100. The van der Waals surface area contributed by atoms with Crippen LogP contribution in [0.4, 0.5) is 5.69 Å². The van der Waals surface area contributed by atoms with Gasteiger partial charge in [0.15, 0.2) is 11.5 Å². The summed E-state index contributed by atoms with van der Waals surface area (Å²) in [6, 6.07) is 14.7. The average molecular weight is 453 g/mol. The van der Waals surface area contributed by atoms with Gasteiger partial charge in [0.1, 0.15) is 11.3 Å². The second-order valence-corrected chi connectivity index (χ2v) is 7.59. The minimum Gasteiger partial charge on any atom is -0.490 e. The summed E-state index contributed by atoms with van der Waals surface area (Å²) in [4.78, 5) is 27.5. The Morgan fingerprint density at radius 2 is 1.70 bits per heavy atom. The van der Waals surface area contributed by atoms with Gasteiger partial charge in [0.25, 0.3) is 5.91 Å². The number of hydrogen-bond donors (Lipinski definition) is 1. The van der Waals surface area contributed by atoms with Crippen LogP contribution in [0.25, 0.3) is 11.0 Å². The van der Waals surface area contributed by atoms with Crippen LogP contribution < -0.4 is 14.8 Å². The second-order valence-electron chi connectivity index (χ2n) is 7.59. The van der Waals surface area contributed by atoms with E-state index in [9.17, 15) is 9.59 Å². The highest BCUT2D eigenvalue weighted by molar-refractivity contribution is 6.10. The lowest BCUT2D eigenvalue weighted by Crippen LogP contribution is -2.40. The molecule has 1 aliphatic rings. The number of furan rings is 1. The summed E-state index contributed by atoms with van der Waals surface area (Å²) >= 11 is 0. The first-order chi connectivity index (χ1) is 16.2. The van der Waals surface area contributed by atoms with Crippen molar-refractivity contribution in [1.29, 1.82) is 0 Å². The topological polar surface area (TPSA) is 90.2 Å². The lowest BCUT2D eigenvalue weighted by atomic mass is 10.2. The first kappa shape index (κ1) is 22.7. The maximum Gasteiger partial charge on any atom is 0.291 e. The Balaban J connectivity index is 1.40. The van der Waals surface area contributed by atoms with Crippen molar-refractivity contribution in [2.75, 3.05) is 44.8 Å². The molecule has 1 aliphatic heterocycles. The van der Waals surface area contributed by atoms with Gasteiger partial charge in [0, 0.05) is 24.9 Å².